The first-order chi connectivity index (χ1) is 8.67. The zero-order chi connectivity index (χ0) is 13.0. The van der Waals surface area contributed by atoms with Crippen LogP contribution in [0.2, 0.25) is 5.28 Å². The average molecular weight is 285 g/mol. The first kappa shape index (κ1) is 13.0. The minimum Gasteiger partial charge on any atom is -0.354 e. The van der Waals surface area contributed by atoms with Gasteiger partial charge in [-0.3, -0.25) is 0 Å². The Hall–Kier alpha value is -1.40. The van der Waals surface area contributed by atoms with Crippen LogP contribution < -0.4 is 5.32 Å². The maximum absolute atomic E-state index is 12.8. The van der Waals surface area contributed by atoms with Crippen LogP contribution in [-0.4, -0.2) is 21.5 Å². The van der Waals surface area contributed by atoms with E-state index in [1.165, 1.54) is 23.9 Å². The topological polar surface area (TPSA) is 50.7 Å². The molecule has 1 heterocycles. The van der Waals surface area contributed by atoms with Gasteiger partial charge in [0.05, 0.1) is 0 Å². The summed E-state index contributed by atoms with van der Waals surface area (Å²) in [5, 5.41) is 3.56. The van der Waals surface area contributed by atoms with Crippen molar-refractivity contribution in [1.29, 1.82) is 0 Å². The van der Waals surface area contributed by atoms with Crippen molar-refractivity contribution in [3.63, 3.8) is 0 Å². The van der Waals surface area contributed by atoms with Gasteiger partial charge in [-0.2, -0.15) is 15.0 Å². The van der Waals surface area contributed by atoms with Crippen LogP contribution in [0.15, 0.2) is 34.3 Å². The normalized spacial score (nSPS) is 10.4. The van der Waals surface area contributed by atoms with Gasteiger partial charge in [-0.05, 0) is 54.6 Å². The molecule has 0 bridgehead atoms. The Morgan fingerprint density at radius 3 is 2.61 bits per heavy atom. The van der Waals surface area contributed by atoms with Crippen molar-refractivity contribution in [2.45, 2.75) is 17.0 Å². The van der Waals surface area contributed by atoms with E-state index in [9.17, 15) is 4.39 Å². The zero-order valence-electron chi connectivity index (χ0n) is 9.52. The number of aromatic nitrogens is 3. The molecule has 0 aliphatic heterocycles. The molecule has 94 valence electrons. The van der Waals surface area contributed by atoms with Gasteiger partial charge < -0.3 is 5.32 Å². The molecule has 7 heteroatoms. The predicted octanol–water partition coefficient (Wildman–Crippen LogP) is 3.25. The van der Waals surface area contributed by atoms with E-state index in [-0.39, 0.29) is 11.1 Å². The van der Waals surface area contributed by atoms with Crippen LogP contribution >= 0.6 is 23.4 Å². The number of anilines is 1. The third kappa shape index (κ3) is 3.54. The van der Waals surface area contributed by atoms with Gasteiger partial charge in [0.2, 0.25) is 11.2 Å². The highest BCUT2D eigenvalue weighted by Crippen LogP contribution is 2.25. The maximum atomic E-state index is 12.8. The summed E-state index contributed by atoms with van der Waals surface area (Å²) in [5.41, 5.74) is 0. The van der Waals surface area contributed by atoms with Gasteiger partial charge in [-0.1, -0.05) is 0 Å². The largest absolute Gasteiger partial charge is 0.354 e. The lowest BCUT2D eigenvalue weighted by molar-refractivity contribution is 0.626. The van der Waals surface area contributed by atoms with Crippen LogP contribution in [0.4, 0.5) is 10.3 Å². The summed E-state index contributed by atoms with van der Waals surface area (Å²) >= 11 is 7.10. The molecule has 2 rings (SSSR count). The van der Waals surface area contributed by atoms with Crippen molar-refractivity contribution in [1.82, 2.24) is 15.0 Å². The molecular weight excluding hydrogens is 275 g/mol. The number of hydrogen-bond donors (Lipinski definition) is 1. The van der Waals surface area contributed by atoms with Crippen LogP contribution in [-0.2, 0) is 0 Å². The molecule has 18 heavy (non-hydrogen) atoms. The second-order valence-corrected chi connectivity index (χ2v) is 4.68. The van der Waals surface area contributed by atoms with E-state index in [0.717, 1.165) is 4.90 Å². The SMILES string of the molecule is CCNc1nc(Cl)nc(Sc2ccc(F)cc2)n1. The lowest BCUT2D eigenvalue weighted by Gasteiger charge is -2.04. The third-order valence-electron chi connectivity index (χ3n) is 1.95. The molecule has 0 radical (unpaired) electrons. The molecule has 0 aliphatic rings. The van der Waals surface area contributed by atoms with Gasteiger partial charge in [0.1, 0.15) is 5.82 Å². The third-order valence-corrected chi connectivity index (χ3v) is 2.99. The average Bonchev–Trinajstić information content (AvgIpc) is 2.32. The molecule has 0 spiro atoms. The molecule has 0 aliphatic carbocycles. The van der Waals surface area contributed by atoms with E-state index >= 15 is 0 Å². The van der Waals surface area contributed by atoms with Crippen molar-refractivity contribution >= 4 is 29.3 Å². The Labute approximate surface area is 113 Å². The number of benzene rings is 1. The molecule has 0 amide bonds. The molecule has 1 aromatic carbocycles. The fraction of sp³-hybridized carbons (Fsp3) is 0.182. The Bertz CT molecular complexity index is 535. The van der Waals surface area contributed by atoms with E-state index in [1.54, 1.807) is 12.1 Å². The minimum atomic E-state index is -0.277. The summed E-state index contributed by atoms with van der Waals surface area (Å²) < 4.78 is 12.8. The lowest BCUT2D eigenvalue weighted by Crippen LogP contribution is -2.04. The van der Waals surface area contributed by atoms with Crippen LogP contribution in [0.3, 0.4) is 0 Å². The molecule has 1 N–H and O–H groups in total. The number of rotatable bonds is 4. The number of halogens is 2. The Morgan fingerprint density at radius 2 is 1.94 bits per heavy atom. The summed E-state index contributed by atoms with van der Waals surface area (Å²) in [6, 6.07) is 6.09. The van der Waals surface area contributed by atoms with E-state index < -0.39 is 0 Å². The molecule has 0 saturated carbocycles. The number of nitrogens with zero attached hydrogens (tertiary/aromatic N) is 3. The Balaban J connectivity index is 2.20. The number of hydrogen-bond acceptors (Lipinski definition) is 5. The molecule has 0 saturated heterocycles. The quantitative estimate of drug-likeness (QED) is 0.934. The summed E-state index contributed by atoms with van der Waals surface area (Å²) in [5.74, 6) is 0.156. The maximum Gasteiger partial charge on any atom is 0.228 e. The van der Waals surface area contributed by atoms with Crippen LogP contribution in [0.5, 0.6) is 0 Å². The molecule has 1 aromatic heterocycles. The fourth-order valence-electron chi connectivity index (χ4n) is 1.22. The van der Waals surface area contributed by atoms with Gasteiger partial charge >= 0.3 is 0 Å². The highest BCUT2D eigenvalue weighted by atomic mass is 35.5. The van der Waals surface area contributed by atoms with Crippen molar-refractivity contribution in [3.05, 3.63) is 35.4 Å². The van der Waals surface area contributed by atoms with Crippen LogP contribution in [0.1, 0.15) is 6.92 Å². The predicted molar refractivity (Wildman–Crippen MR) is 69.5 cm³/mol. The van der Waals surface area contributed by atoms with Gasteiger partial charge in [-0.15, -0.1) is 0 Å². The molecule has 0 unspecified atom stereocenters. The van der Waals surface area contributed by atoms with Crippen LogP contribution in [0.25, 0.3) is 0 Å². The summed E-state index contributed by atoms with van der Waals surface area (Å²) in [4.78, 5) is 13.0. The Morgan fingerprint density at radius 1 is 1.22 bits per heavy atom. The van der Waals surface area contributed by atoms with Crippen molar-refractivity contribution in [2.75, 3.05) is 11.9 Å². The molecule has 4 nitrogen and oxygen atoms in total. The lowest BCUT2D eigenvalue weighted by atomic mass is 10.4. The van der Waals surface area contributed by atoms with Crippen molar-refractivity contribution in [2.24, 2.45) is 0 Å². The van der Waals surface area contributed by atoms with Crippen molar-refractivity contribution in [3.8, 4) is 0 Å². The highest BCUT2D eigenvalue weighted by molar-refractivity contribution is 7.99. The summed E-state index contributed by atoms with van der Waals surface area (Å²) in [6.07, 6.45) is 0. The summed E-state index contributed by atoms with van der Waals surface area (Å²) in [6.45, 7) is 2.63. The molecule has 2 aromatic rings. The first-order valence-electron chi connectivity index (χ1n) is 5.26. The van der Waals surface area contributed by atoms with Gasteiger partial charge in [0.15, 0.2) is 5.16 Å². The van der Waals surface area contributed by atoms with E-state index in [4.69, 9.17) is 11.6 Å². The first-order valence-corrected chi connectivity index (χ1v) is 6.45. The zero-order valence-corrected chi connectivity index (χ0v) is 11.1. The smallest absolute Gasteiger partial charge is 0.228 e. The highest BCUT2D eigenvalue weighted by Gasteiger charge is 2.06. The summed E-state index contributed by atoms with van der Waals surface area (Å²) in [7, 11) is 0. The molecule has 0 atom stereocenters. The second kappa shape index (κ2) is 5.97. The molecule has 0 fully saturated rings. The monoisotopic (exact) mass is 284 g/mol. The molecular formula is C11H10ClFN4S. The minimum absolute atomic E-state index is 0.130. The van der Waals surface area contributed by atoms with Gasteiger partial charge in [-0.25, -0.2) is 4.39 Å². The standard InChI is InChI=1S/C11H10ClFN4S/c1-2-14-10-15-9(12)16-11(17-10)18-8-5-3-7(13)4-6-8/h3-6H,2H2,1H3,(H,14,15,16,17). The van der Waals surface area contributed by atoms with E-state index in [2.05, 4.69) is 20.3 Å². The van der Waals surface area contributed by atoms with E-state index in [1.807, 2.05) is 6.92 Å². The van der Waals surface area contributed by atoms with Crippen molar-refractivity contribution < 1.29 is 4.39 Å². The number of nitrogens with one attached hydrogen (secondary N) is 1. The van der Waals surface area contributed by atoms with Crippen LogP contribution in [0, 0.1) is 5.82 Å². The van der Waals surface area contributed by atoms with E-state index in [0.29, 0.717) is 17.6 Å². The second-order valence-electron chi connectivity index (χ2n) is 3.30. The fourth-order valence-corrected chi connectivity index (χ4v) is 2.18. The Kier molecular flexibility index (Phi) is 4.33. The van der Waals surface area contributed by atoms with Gasteiger partial charge in [0, 0.05) is 11.4 Å². The van der Waals surface area contributed by atoms with Gasteiger partial charge in [0.25, 0.3) is 0 Å².